The van der Waals surface area contributed by atoms with Crippen molar-refractivity contribution in [1.29, 1.82) is 0 Å². The normalized spacial score (nSPS) is 14.2. The molecule has 1 unspecified atom stereocenters. The fourth-order valence-corrected chi connectivity index (χ4v) is 1.02. The van der Waals surface area contributed by atoms with Crippen molar-refractivity contribution in [1.82, 2.24) is 5.32 Å². The summed E-state index contributed by atoms with van der Waals surface area (Å²) in [6, 6.07) is -0.241. The Balaban J connectivity index is 3.79. The van der Waals surface area contributed by atoms with E-state index in [2.05, 4.69) is 11.4 Å². The summed E-state index contributed by atoms with van der Waals surface area (Å²) in [6.45, 7) is 10.2. The summed E-state index contributed by atoms with van der Waals surface area (Å²) in [5.41, 5.74) is -0.406. The van der Waals surface area contributed by atoms with Crippen molar-refractivity contribution in [3.63, 3.8) is 0 Å². The van der Waals surface area contributed by atoms with Crippen molar-refractivity contribution < 1.29 is 9.53 Å². The van der Waals surface area contributed by atoms with E-state index >= 15 is 0 Å². The Hall–Kier alpha value is -0.830. The topological polar surface area (TPSA) is 38.3 Å². The maximum Gasteiger partial charge on any atom is 0.323 e. The molecule has 15 heavy (non-hydrogen) atoms. The van der Waals surface area contributed by atoms with E-state index in [9.17, 15) is 4.79 Å². The molecule has 0 aliphatic carbocycles. The van der Waals surface area contributed by atoms with Gasteiger partial charge in [0.2, 0.25) is 0 Å². The van der Waals surface area contributed by atoms with Crippen molar-refractivity contribution >= 4 is 5.97 Å². The molecule has 0 aromatic rings. The van der Waals surface area contributed by atoms with Gasteiger partial charge in [-0.2, -0.15) is 0 Å². The predicted octanol–water partition coefficient (Wildman–Crippen LogP) is 2.27. The molecule has 1 N–H and O–H groups in total. The molecule has 3 heteroatoms. The molecule has 0 saturated heterocycles. The molecule has 0 aromatic carbocycles. The molecule has 0 radical (unpaired) electrons. The largest absolute Gasteiger partial charge is 0.459 e. The Bertz CT molecular complexity index is 216. The molecular formula is C12H23NO2. The van der Waals surface area contributed by atoms with E-state index in [1.165, 1.54) is 0 Å². The van der Waals surface area contributed by atoms with E-state index in [0.29, 0.717) is 0 Å². The molecule has 0 aliphatic rings. The van der Waals surface area contributed by atoms with Crippen molar-refractivity contribution in [2.24, 2.45) is 0 Å². The van der Waals surface area contributed by atoms with Crippen LogP contribution in [0.5, 0.6) is 0 Å². The van der Waals surface area contributed by atoms with Crippen LogP contribution >= 0.6 is 0 Å². The number of hydrogen-bond donors (Lipinski definition) is 1. The molecule has 88 valence electrons. The maximum atomic E-state index is 11.5. The quantitative estimate of drug-likeness (QED) is 0.432. The van der Waals surface area contributed by atoms with Crippen LogP contribution in [0.4, 0.5) is 0 Å². The molecule has 0 heterocycles. The van der Waals surface area contributed by atoms with Crippen LogP contribution in [0.3, 0.4) is 0 Å². The van der Waals surface area contributed by atoms with Gasteiger partial charge in [0, 0.05) is 0 Å². The first-order valence-electron chi connectivity index (χ1n) is 5.44. The Morgan fingerprint density at radius 2 is 2.07 bits per heavy atom. The van der Waals surface area contributed by atoms with Gasteiger partial charge in [-0.3, -0.25) is 4.79 Å². The zero-order valence-electron chi connectivity index (χ0n) is 10.5. The Morgan fingerprint density at radius 3 is 2.53 bits per heavy atom. The molecule has 0 bridgehead atoms. The van der Waals surface area contributed by atoms with Crippen LogP contribution < -0.4 is 5.32 Å². The van der Waals surface area contributed by atoms with Gasteiger partial charge in [-0.05, 0) is 47.6 Å². The van der Waals surface area contributed by atoms with E-state index in [1.54, 1.807) is 0 Å². The first-order valence-corrected chi connectivity index (χ1v) is 5.44. The summed E-state index contributed by atoms with van der Waals surface area (Å²) in [5, 5.41) is 3.11. The van der Waals surface area contributed by atoms with Gasteiger partial charge in [0.1, 0.15) is 11.6 Å². The number of ether oxygens (including phenoxy) is 1. The maximum absolute atomic E-state index is 11.5. The minimum atomic E-state index is -0.406. The summed E-state index contributed by atoms with van der Waals surface area (Å²) >= 11 is 0. The minimum Gasteiger partial charge on any atom is -0.459 e. The lowest BCUT2D eigenvalue weighted by atomic mass is 10.2. The molecule has 0 rings (SSSR count). The van der Waals surface area contributed by atoms with Gasteiger partial charge in [0.25, 0.3) is 0 Å². The van der Waals surface area contributed by atoms with E-state index in [0.717, 1.165) is 13.0 Å². The van der Waals surface area contributed by atoms with E-state index in [4.69, 9.17) is 4.74 Å². The highest BCUT2D eigenvalue weighted by atomic mass is 16.6. The monoisotopic (exact) mass is 213 g/mol. The van der Waals surface area contributed by atoms with Crippen LogP contribution in [0.1, 0.15) is 41.0 Å². The van der Waals surface area contributed by atoms with Crippen molar-refractivity contribution in [2.75, 3.05) is 6.54 Å². The Morgan fingerprint density at radius 1 is 1.47 bits per heavy atom. The van der Waals surface area contributed by atoms with Gasteiger partial charge in [0.15, 0.2) is 0 Å². The zero-order chi connectivity index (χ0) is 11.9. The van der Waals surface area contributed by atoms with Gasteiger partial charge in [-0.25, -0.2) is 0 Å². The van der Waals surface area contributed by atoms with Crippen molar-refractivity contribution in [2.45, 2.75) is 52.7 Å². The molecule has 3 nitrogen and oxygen atoms in total. The highest BCUT2D eigenvalue weighted by Gasteiger charge is 2.20. The SMILES string of the molecule is C/C=C/CCNC(C)C(=O)OC(C)(C)C. The highest BCUT2D eigenvalue weighted by Crippen LogP contribution is 2.08. The minimum absolute atomic E-state index is 0.192. The fourth-order valence-electron chi connectivity index (χ4n) is 1.02. The van der Waals surface area contributed by atoms with Gasteiger partial charge < -0.3 is 10.1 Å². The third-order valence-corrected chi connectivity index (χ3v) is 1.76. The third-order valence-electron chi connectivity index (χ3n) is 1.76. The first-order chi connectivity index (χ1) is 6.87. The van der Waals surface area contributed by atoms with Crippen LogP contribution in [0.15, 0.2) is 12.2 Å². The average molecular weight is 213 g/mol. The second-order valence-corrected chi connectivity index (χ2v) is 4.57. The summed E-state index contributed by atoms with van der Waals surface area (Å²) in [4.78, 5) is 11.5. The lowest BCUT2D eigenvalue weighted by molar-refractivity contribution is -0.156. The summed E-state index contributed by atoms with van der Waals surface area (Å²) in [7, 11) is 0. The second kappa shape index (κ2) is 6.62. The molecule has 1 atom stereocenters. The molecule has 0 saturated carbocycles. The number of esters is 1. The molecular weight excluding hydrogens is 190 g/mol. The van der Waals surface area contributed by atoms with Gasteiger partial charge in [-0.1, -0.05) is 12.2 Å². The number of nitrogens with one attached hydrogen (secondary N) is 1. The van der Waals surface area contributed by atoms with Gasteiger partial charge >= 0.3 is 5.97 Å². The molecule has 0 amide bonds. The van der Waals surface area contributed by atoms with Crippen LogP contribution in [0.2, 0.25) is 0 Å². The van der Waals surface area contributed by atoms with E-state index in [1.807, 2.05) is 40.7 Å². The Labute approximate surface area is 92.9 Å². The predicted molar refractivity (Wildman–Crippen MR) is 62.7 cm³/mol. The van der Waals surface area contributed by atoms with E-state index < -0.39 is 5.60 Å². The molecule has 0 aromatic heterocycles. The standard InChI is InChI=1S/C12H23NO2/c1-6-7-8-9-13-10(2)11(14)15-12(3,4)5/h6-7,10,13H,8-9H2,1-5H3/b7-6+. The Kier molecular flexibility index (Phi) is 6.25. The number of carbonyl (C=O) groups is 1. The van der Waals surface area contributed by atoms with Crippen molar-refractivity contribution in [3.05, 3.63) is 12.2 Å². The zero-order valence-corrected chi connectivity index (χ0v) is 10.5. The van der Waals surface area contributed by atoms with Crippen LogP contribution in [-0.2, 0) is 9.53 Å². The van der Waals surface area contributed by atoms with Crippen LogP contribution in [-0.4, -0.2) is 24.2 Å². The highest BCUT2D eigenvalue weighted by molar-refractivity contribution is 5.75. The van der Waals surface area contributed by atoms with Gasteiger partial charge in [-0.15, -0.1) is 0 Å². The lowest BCUT2D eigenvalue weighted by Gasteiger charge is -2.22. The first kappa shape index (κ1) is 14.2. The molecule has 0 spiro atoms. The fraction of sp³-hybridized carbons (Fsp3) is 0.750. The van der Waals surface area contributed by atoms with Crippen LogP contribution in [0.25, 0.3) is 0 Å². The van der Waals surface area contributed by atoms with Crippen molar-refractivity contribution in [3.8, 4) is 0 Å². The lowest BCUT2D eigenvalue weighted by Crippen LogP contribution is -2.39. The number of allylic oxidation sites excluding steroid dienone is 1. The summed E-state index contributed by atoms with van der Waals surface area (Å²) in [5.74, 6) is -0.192. The number of rotatable bonds is 5. The summed E-state index contributed by atoms with van der Waals surface area (Å²) in [6.07, 6.45) is 5.00. The third kappa shape index (κ3) is 8.18. The number of carbonyl (C=O) groups excluding carboxylic acids is 1. The average Bonchev–Trinajstić information content (AvgIpc) is 2.09. The second-order valence-electron chi connectivity index (χ2n) is 4.57. The van der Waals surface area contributed by atoms with Crippen LogP contribution in [0, 0.1) is 0 Å². The number of hydrogen-bond acceptors (Lipinski definition) is 3. The van der Waals surface area contributed by atoms with Gasteiger partial charge in [0.05, 0.1) is 0 Å². The summed E-state index contributed by atoms with van der Waals surface area (Å²) < 4.78 is 5.24. The molecule has 0 fully saturated rings. The molecule has 0 aliphatic heterocycles. The van der Waals surface area contributed by atoms with E-state index in [-0.39, 0.29) is 12.0 Å². The smallest absolute Gasteiger partial charge is 0.323 e.